The van der Waals surface area contributed by atoms with E-state index in [-0.39, 0.29) is 12.3 Å². The lowest BCUT2D eigenvalue weighted by Crippen LogP contribution is -2.45. The van der Waals surface area contributed by atoms with E-state index in [1.54, 1.807) is 24.3 Å². The van der Waals surface area contributed by atoms with Crippen molar-refractivity contribution >= 4 is 38.4 Å². The summed E-state index contributed by atoms with van der Waals surface area (Å²) >= 11 is 0. The summed E-state index contributed by atoms with van der Waals surface area (Å²) in [6.07, 6.45) is 0. The number of hydrogen-bond donors (Lipinski definition) is 2. The van der Waals surface area contributed by atoms with Gasteiger partial charge in [-0.25, -0.2) is 13.4 Å². The summed E-state index contributed by atoms with van der Waals surface area (Å²) in [4.78, 5) is 14.0. The molecule has 31 heavy (non-hydrogen) atoms. The van der Waals surface area contributed by atoms with Crippen LogP contribution in [0.5, 0.6) is 0 Å². The lowest BCUT2D eigenvalue weighted by atomic mass is 10.1. The monoisotopic (exact) mass is 440 g/mol. The number of para-hydroxylation sites is 1. The van der Waals surface area contributed by atoms with E-state index >= 15 is 0 Å². The minimum Gasteiger partial charge on any atom is -0.368 e. The van der Waals surface area contributed by atoms with E-state index in [9.17, 15) is 8.42 Å². The predicted molar refractivity (Wildman–Crippen MR) is 126 cm³/mol. The SMILES string of the molecule is Cc1ccc2nc(N3CCN(C)CC3)nc(NCCS(=O)(=O)Nc3ccccc3)c2c1. The Bertz CT molecular complexity index is 1150. The molecule has 1 aliphatic heterocycles. The van der Waals surface area contributed by atoms with Crippen molar-refractivity contribution in [3.63, 3.8) is 0 Å². The molecule has 2 heterocycles. The molecule has 3 aromatic rings. The van der Waals surface area contributed by atoms with Gasteiger partial charge in [0.1, 0.15) is 5.82 Å². The smallest absolute Gasteiger partial charge is 0.234 e. The lowest BCUT2D eigenvalue weighted by molar-refractivity contribution is 0.311. The Labute approximate surface area is 183 Å². The Kier molecular flexibility index (Phi) is 6.24. The van der Waals surface area contributed by atoms with Crippen molar-refractivity contribution in [1.82, 2.24) is 14.9 Å². The number of likely N-dealkylation sites (N-methyl/N-ethyl adjacent to an activating group) is 1. The largest absolute Gasteiger partial charge is 0.368 e. The van der Waals surface area contributed by atoms with Gasteiger partial charge in [0.15, 0.2) is 0 Å². The van der Waals surface area contributed by atoms with Crippen LogP contribution >= 0.6 is 0 Å². The first kappa shape index (κ1) is 21.3. The fourth-order valence-corrected chi connectivity index (χ4v) is 4.52. The molecule has 0 radical (unpaired) electrons. The van der Waals surface area contributed by atoms with Crippen molar-refractivity contribution in [2.75, 3.05) is 60.5 Å². The highest BCUT2D eigenvalue weighted by atomic mass is 32.2. The second kappa shape index (κ2) is 9.07. The Morgan fingerprint density at radius 2 is 1.74 bits per heavy atom. The molecule has 0 saturated carbocycles. The fourth-order valence-electron chi connectivity index (χ4n) is 3.55. The number of benzene rings is 2. The molecule has 1 aliphatic rings. The molecule has 0 atom stereocenters. The number of nitrogens with zero attached hydrogens (tertiary/aromatic N) is 4. The maximum Gasteiger partial charge on any atom is 0.234 e. The van der Waals surface area contributed by atoms with Crippen molar-refractivity contribution in [2.45, 2.75) is 6.92 Å². The van der Waals surface area contributed by atoms with Gasteiger partial charge in [-0.1, -0.05) is 29.8 Å². The van der Waals surface area contributed by atoms with Gasteiger partial charge in [-0.05, 0) is 38.2 Å². The number of aryl methyl sites for hydroxylation is 1. The third-order valence-electron chi connectivity index (χ3n) is 5.34. The minimum atomic E-state index is -3.47. The molecule has 9 heteroatoms. The number of rotatable bonds is 7. The van der Waals surface area contributed by atoms with Crippen molar-refractivity contribution in [3.05, 3.63) is 54.1 Å². The number of fused-ring (bicyclic) bond motifs is 1. The topological polar surface area (TPSA) is 90.5 Å². The Hall–Kier alpha value is -2.91. The molecule has 1 aromatic heterocycles. The second-order valence-electron chi connectivity index (χ2n) is 7.90. The highest BCUT2D eigenvalue weighted by Gasteiger charge is 2.19. The Morgan fingerprint density at radius 1 is 1.00 bits per heavy atom. The molecule has 0 aliphatic carbocycles. The maximum atomic E-state index is 12.5. The van der Waals surface area contributed by atoms with Crippen molar-refractivity contribution in [3.8, 4) is 0 Å². The van der Waals surface area contributed by atoms with Crippen LogP contribution in [0, 0.1) is 6.92 Å². The minimum absolute atomic E-state index is 0.0664. The van der Waals surface area contributed by atoms with Crippen molar-refractivity contribution in [1.29, 1.82) is 0 Å². The van der Waals surface area contributed by atoms with E-state index in [1.807, 2.05) is 31.2 Å². The van der Waals surface area contributed by atoms with E-state index in [1.165, 1.54) is 0 Å². The van der Waals surface area contributed by atoms with Crippen LogP contribution in [0.15, 0.2) is 48.5 Å². The third-order valence-corrected chi connectivity index (χ3v) is 6.62. The van der Waals surface area contributed by atoms with Crippen LogP contribution < -0.4 is 14.9 Å². The summed E-state index contributed by atoms with van der Waals surface area (Å²) in [7, 11) is -1.37. The summed E-state index contributed by atoms with van der Waals surface area (Å²) < 4.78 is 27.5. The molecule has 4 rings (SSSR count). The molecule has 164 valence electrons. The normalized spacial score (nSPS) is 15.2. The van der Waals surface area contributed by atoms with E-state index < -0.39 is 10.0 Å². The first-order valence-electron chi connectivity index (χ1n) is 10.4. The molecule has 2 aromatic carbocycles. The van der Waals surface area contributed by atoms with Gasteiger partial charge in [0, 0.05) is 43.8 Å². The van der Waals surface area contributed by atoms with E-state index in [4.69, 9.17) is 9.97 Å². The molecule has 0 bridgehead atoms. The molecule has 2 N–H and O–H groups in total. The van der Waals surface area contributed by atoms with Crippen LogP contribution in [0.25, 0.3) is 10.9 Å². The predicted octanol–water partition coefficient (Wildman–Crippen LogP) is 2.54. The second-order valence-corrected chi connectivity index (χ2v) is 9.74. The number of nitrogens with one attached hydrogen (secondary N) is 2. The molecule has 0 unspecified atom stereocenters. The van der Waals surface area contributed by atoms with Crippen LogP contribution in [-0.2, 0) is 10.0 Å². The summed E-state index contributed by atoms with van der Waals surface area (Å²) in [5.74, 6) is 1.28. The fraction of sp³-hybridized carbons (Fsp3) is 0.364. The van der Waals surface area contributed by atoms with Crippen molar-refractivity contribution in [2.24, 2.45) is 0 Å². The highest BCUT2D eigenvalue weighted by molar-refractivity contribution is 7.92. The van der Waals surface area contributed by atoms with Gasteiger partial charge >= 0.3 is 0 Å². The average Bonchev–Trinajstić information content (AvgIpc) is 2.74. The molecular weight excluding hydrogens is 412 g/mol. The van der Waals surface area contributed by atoms with Crippen LogP contribution in [0.3, 0.4) is 0 Å². The summed E-state index contributed by atoms with van der Waals surface area (Å²) in [6, 6.07) is 15.0. The Morgan fingerprint density at radius 3 is 2.48 bits per heavy atom. The zero-order valence-electron chi connectivity index (χ0n) is 17.9. The van der Waals surface area contributed by atoms with Gasteiger partial charge in [0.25, 0.3) is 0 Å². The zero-order valence-corrected chi connectivity index (χ0v) is 18.7. The van der Waals surface area contributed by atoms with Gasteiger partial charge < -0.3 is 15.1 Å². The molecule has 8 nitrogen and oxygen atoms in total. The van der Waals surface area contributed by atoms with Gasteiger partial charge in [-0.2, -0.15) is 4.98 Å². The third kappa shape index (κ3) is 5.42. The van der Waals surface area contributed by atoms with E-state index in [0.717, 1.165) is 42.6 Å². The van der Waals surface area contributed by atoms with Crippen LogP contribution in [0.2, 0.25) is 0 Å². The summed E-state index contributed by atoms with van der Waals surface area (Å²) in [5, 5.41) is 4.13. The quantitative estimate of drug-likeness (QED) is 0.583. The van der Waals surface area contributed by atoms with Gasteiger partial charge in [0.05, 0.1) is 11.3 Å². The lowest BCUT2D eigenvalue weighted by Gasteiger charge is -2.32. The van der Waals surface area contributed by atoms with Crippen molar-refractivity contribution < 1.29 is 8.42 Å². The van der Waals surface area contributed by atoms with Crippen LogP contribution in [0.4, 0.5) is 17.5 Å². The average molecular weight is 441 g/mol. The number of aromatic nitrogens is 2. The van der Waals surface area contributed by atoms with Gasteiger partial charge in [-0.3, -0.25) is 4.72 Å². The molecule has 0 spiro atoms. The zero-order chi connectivity index (χ0) is 21.8. The number of sulfonamides is 1. The molecule has 0 amide bonds. The molecule has 1 saturated heterocycles. The Balaban J connectivity index is 1.52. The first-order valence-corrected chi connectivity index (χ1v) is 12.1. The van der Waals surface area contributed by atoms with E-state index in [0.29, 0.717) is 17.5 Å². The number of anilines is 3. The molecule has 1 fully saturated rings. The van der Waals surface area contributed by atoms with Crippen LogP contribution in [-0.4, -0.2) is 68.8 Å². The standard InChI is InChI=1S/C22H28N6O2S/c1-17-8-9-20-19(16-17)21(25-22(24-20)28-13-11-27(2)12-14-28)23-10-15-31(29,30)26-18-6-4-3-5-7-18/h3-9,16,26H,10-15H2,1-2H3,(H,23,24,25). The van der Waals surface area contributed by atoms with Gasteiger partial charge in [-0.15, -0.1) is 0 Å². The van der Waals surface area contributed by atoms with Gasteiger partial charge in [0.2, 0.25) is 16.0 Å². The molecular formula is C22H28N6O2S. The van der Waals surface area contributed by atoms with E-state index in [2.05, 4.69) is 26.9 Å². The van der Waals surface area contributed by atoms with Crippen LogP contribution in [0.1, 0.15) is 5.56 Å². The summed E-state index contributed by atoms with van der Waals surface area (Å²) in [6.45, 7) is 5.91. The first-order chi connectivity index (χ1) is 14.9. The number of piperazine rings is 1. The maximum absolute atomic E-state index is 12.5. The number of hydrogen-bond acceptors (Lipinski definition) is 7. The highest BCUT2D eigenvalue weighted by Crippen LogP contribution is 2.25. The summed E-state index contributed by atoms with van der Waals surface area (Å²) in [5.41, 5.74) is 2.51.